The molecule has 0 unspecified atom stereocenters. The van der Waals surface area contributed by atoms with Crippen LogP contribution in [0.4, 0.5) is 20.2 Å². The molecule has 2 aromatic carbocycles. The number of benzene rings is 2. The first-order valence-electron chi connectivity index (χ1n) is 11.8. The third-order valence-corrected chi connectivity index (χ3v) is 6.47. The summed E-state index contributed by atoms with van der Waals surface area (Å²) in [7, 11) is 0. The number of nitrogens with zero attached hydrogens (tertiary/aromatic N) is 2. The van der Waals surface area contributed by atoms with Crippen LogP contribution in [0.5, 0.6) is 0 Å². The Kier molecular flexibility index (Phi) is 12.4. The number of rotatable bonds is 5. The number of nitrogen functional groups attached to an aromatic ring is 1. The number of carboxylic acids is 1. The average Bonchev–Trinajstić information content (AvgIpc) is 2.94. The van der Waals surface area contributed by atoms with E-state index in [2.05, 4.69) is 47.1 Å². The molecular formula is C28H24Br2F2N6O5. The number of pyridine rings is 2. The molecule has 3 amide bonds. The summed E-state index contributed by atoms with van der Waals surface area (Å²) in [4.78, 5) is 52.2. The van der Waals surface area contributed by atoms with Gasteiger partial charge in [-0.25, -0.2) is 13.6 Å². The van der Waals surface area contributed by atoms with Gasteiger partial charge in [0.2, 0.25) is 0 Å². The van der Waals surface area contributed by atoms with Gasteiger partial charge in [-0.05, 0) is 94.2 Å². The molecule has 2 heterocycles. The number of aryl methyl sites for hydroxylation is 2. The van der Waals surface area contributed by atoms with Gasteiger partial charge in [0.25, 0.3) is 17.7 Å². The number of hydrogen-bond acceptors (Lipinski definition) is 7. The predicted octanol–water partition coefficient (Wildman–Crippen LogP) is 5.00. The number of amides is 3. The number of carboxylic acid groups (broad SMARTS) is 1. The van der Waals surface area contributed by atoms with Crippen LogP contribution in [0.2, 0.25) is 0 Å². The molecule has 0 spiro atoms. The van der Waals surface area contributed by atoms with Crippen molar-refractivity contribution >= 4 is 66.9 Å². The lowest BCUT2D eigenvalue weighted by molar-refractivity contribution is 0.0694. The molecule has 11 nitrogen and oxygen atoms in total. The Hall–Kier alpha value is -4.76. The van der Waals surface area contributed by atoms with Crippen molar-refractivity contribution in [1.29, 1.82) is 0 Å². The number of aromatic nitrogens is 2. The maximum atomic E-state index is 13.4. The summed E-state index contributed by atoms with van der Waals surface area (Å²) >= 11 is 6.32. The maximum Gasteiger partial charge on any atom is 0.336 e. The Morgan fingerprint density at radius 3 is 1.67 bits per heavy atom. The molecule has 15 heteroatoms. The molecule has 8 N–H and O–H groups in total. The zero-order chi connectivity index (χ0) is 32.4. The summed E-state index contributed by atoms with van der Waals surface area (Å²) in [6, 6.07) is 10.4. The van der Waals surface area contributed by atoms with Crippen molar-refractivity contribution in [3.8, 4) is 0 Å². The minimum Gasteiger partial charge on any atom is -0.478 e. The molecule has 0 bridgehead atoms. The number of halogens is 4. The van der Waals surface area contributed by atoms with E-state index in [1.807, 2.05) is 0 Å². The van der Waals surface area contributed by atoms with Crippen molar-refractivity contribution in [2.75, 3.05) is 11.1 Å². The highest BCUT2D eigenvalue weighted by atomic mass is 79.9. The molecule has 0 fully saturated rings. The molecule has 4 rings (SSSR count). The van der Waals surface area contributed by atoms with Gasteiger partial charge in [-0.3, -0.25) is 24.4 Å². The van der Waals surface area contributed by atoms with Crippen molar-refractivity contribution in [3.05, 3.63) is 115 Å². The van der Waals surface area contributed by atoms with Gasteiger partial charge in [0.05, 0.1) is 26.7 Å². The smallest absolute Gasteiger partial charge is 0.336 e. The van der Waals surface area contributed by atoms with Crippen LogP contribution in [0.15, 0.2) is 69.9 Å². The topological polar surface area (TPSA) is 204 Å². The van der Waals surface area contributed by atoms with Crippen LogP contribution < -0.4 is 22.5 Å². The van der Waals surface area contributed by atoms with Crippen molar-refractivity contribution in [1.82, 2.24) is 9.97 Å². The molecule has 4 aromatic rings. The van der Waals surface area contributed by atoms with Crippen LogP contribution in [0.1, 0.15) is 52.8 Å². The van der Waals surface area contributed by atoms with Gasteiger partial charge in [-0.15, -0.1) is 0 Å². The van der Waals surface area contributed by atoms with Crippen molar-refractivity contribution in [2.45, 2.75) is 13.8 Å². The summed E-state index contributed by atoms with van der Waals surface area (Å²) in [5.74, 6) is -4.44. The van der Waals surface area contributed by atoms with E-state index in [1.165, 1.54) is 42.7 Å². The van der Waals surface area contributed by atoms with Gasteiger partial charge < -0.3 is 27.6 Å². The van der Waals surface area contributed by atoms with Crippen LogP contribution >= 0.6 is 31.9 Å². The largest absolute Gasteiger partial charge is 0.478 e. The highest BCUT2D eigenvalue weighted by molar-refractivity contribution is 9.10. The SMILES string of the molecule is Cc1cc(C(=O)Nc2ccc(F)c(C(N)=O)c2)c(Br)cn1.Cc1cc(C(=O)O)c(Br)cn1.NC(=O)c1cc(N)ccc1F. The van der Waals surface area contributed by atoms with Gasteiger partial charge in [-0.1, -0.05) is 0 Å². The Morgan fingerprint density at radius 1 is 0.744 bits per heavy atom. The van der Waals surface area contributed by atoms with Crippen molar-refractivity contribution < 1.29 is 33.1 Å². The number of nitrogens with one attached hydrogen (secondary N) is 1. The lowest BCUT2D eigenvalue weighted by Crippen LogP contribution is -2.16. The Morgan fingerprint density at radius 2 is 1.21 bits per heavy atom. The first kappa shape index (κ1) is 34.4. The number of primary amides is 2. The molecule has 0 aliphatic heterocycles. The molecule has 0 saturated carbocycles. The van der Waals surface area contributed by atoms with E-state index < -0.39 is 35.3 Å². The summed E-state index contributed by atoms with van der Waals surface area (Å²) in [5, 5.41) is 11.2. The standard InChI is InChI=1S/C14H11BrFN3O2.C7H6BrNO2.C7H7FN2O/c1-7-4-9(11(15)6-18-7)14(21)19-8-2-3-12(16)10(5-8)13(17)20;1-4-2-5(7(10)11)6(8)3-9-4;8-6-2-1-4(9)3-5(6)7(10)11/h2-6H,1H3,(H2,17,20)(H,19,21);2-3H,1H3,(H,10,11);1-3H,9H2,(H2,10,11). The summed E-state index contributed by atoms with van der Waals surface area (Å²) in [6.07, 6.45) is 3.00. The Bertz CT molecular complexity index is 1640. The van der Waals surface area contributed by atoms with Gasteiger partial charge in [0.15, 0.2) is 0 Å². The van der Waals surface area contributed by atoms with Crippen LogP contribution in [0.3, 0.4) is 0 Å². The average molecular weight is 722 g/mol. The van der Waals surface area contributed by atoms with Gasteiger partial charge in [0, 0.05) is 39.6 Å². The van der Waals surface area contributed by atoms with E-state index in [4.69, 9.17) is 22.3 Å². The molecule has 224 valence electrons. The van der Waals surface area contributed by atoms with E-state index >= 15 is 0 Å². The monoisotopic (exact) mass is 720 g/mol. The number of hydrogen-bond donors (Lipinski definition) is 5. The van der Waals surface area contributed by atoms with E-state index in [0.717, 1.165) is 12.1 Å². The zero-order valence-electron chi connectivity index (χ0n) is 22.5. The lowest BCUT2D eigenvalue weighted by Gasteiger charge is -2.08. The van der Waals surface area contributed by atoms with Crippen molar-refractivity contribution in [3.63, 3.8) is 0 Å². The minimum atomic E-state index is -0.942. The molecule has 0 atom stereocenters. The van der Waals surface area contributed by atoms with E-state index in [-0.39, 0.29) is 22.4 Å². The number of nitrogens with two attached hydrogens (primary N) is 3. The van der Waals surface area contributed by atoms with Crippen LogP contribution in [0, 0.1) is 25.5 Å². The number of carbonyl (C=O) groups is 4. The number of aromatic carboxylic acids is 1. The third-order valence-electron chi connectivity index (χ3n) is 5.20. The highest BCUT2D eigenvalue weighted by Gasteiger charge is 2.14. The fraction of sp³-hybridized carbons (Fsp3) is 0.0714. The number of carbonyl (C=O) groups excluding carboxylic acids is 3. The van der Waals surface area contributed by atoms with Gasteiger partial charge in [0.1, 0.15) is 11.6 Å². The molecule has 0 radical (unpaired) electrons. The molecule has 43 heavy (non-hydrogen) atoms. The fourth-order valence-electron chi connectivity index (χ4n) is 3.15. The zero-order valence-corrected chi connectivity index (χ0v) is 25.7. The molecule has 0 saturated heterocycles. The van der Waals surface area contributed by atoms with Crippen molar-refractivity contribution in [2.24, 2.45) is 11.5 Å². The Balaban J connectivity index is 0.000000247. The predicted molar refractivity (Wildman–Crippen MR) is 163 cm³/mol. The second-order valence-electron chi connectivity index (χ2n) is 8.53. The van der Waals surface area contributed by atoms with E-state index in [1.54, 1.807) is 19.9 Å². The first-order valence-corrected chi connectivity index (χ1v) is 13.4. The highest BCUT2D eigenvalue weighted by Crippen LogP contribution is 2.20. The van der Waals surface area contributed by atoms with Crippen LogP contribution in [-0.4, -0.2) is 38.8 Å². The summed E-state index contributed by atoms with van der Waals surface area (Å²) in [6.45, 7) is 3.51. The van der Waals surface area contributed by atoms with Crippen LogP contribution in [-0.2, 0) is 0 Å². The summed E-state index contributed by atoms with van der Waals surface area (Å²) in [5.41, 5.74) is 17.4. The quantitative estimate of drug-likeness (QED) is 0.177. The van der Waals surface area contributed by atoms with Crippen LogP contribution in [0.25, 0.3) is 0 Å². The summed E-state index contributed by atoms with van der Waals surface area (Å²) < 4.78 is 27.1. The molecule has 0 aliphatic rings. The normalized spacial score (nSPS) is 9.91. The first-order chi connectivity index (χ1) is 20.1. The second-order valence-corrected chi connectivity index (χ2v) is 10.2. The third kappa shape index (κ3) is 10.2. The van der Waals surface area contributed by atoms with Gasteiger partial charge in [-0.2, -0.15) is 0 Å². The molecule has 0 aliphatic carbocycles. The molecular weight excluding hydrogens is 698 g/mol. The molecule has 2 aromatic heterocycles. The second kappa shape index (κ2) is 15.5. The van der Waals surface area contributed by atoms with Gasteiger partial charge >= 0.3 is 5.97 Å². The minimum absolute atomic E-state index is 0.176. The van der Waals surface area contributed by atoms with E-state index in [0.29, 0.717) is 31.6 Å². The van der Waals surface area contributed by atoms with E-state index in [9.17, 15) is 28.0 Å². The fourth-order valence-corrected chi connectivity index (χ4v) is 3.93. The lowest BCUT2D eigenvalue weighted by atomic mass is 10.1. The maximum absolute atomic E-state index is 13.4. The number of anilines is 2. The Labute approximate surface area is 260 Å².